The average molecular weight is 716 g/mol. The third-order valence-corrected chi connectivity index (χ3v) is 10.7. The summed E-state index contributed by atoms with van der Waals surface area (Å²) in [5.74, 6) is 1.88. The molecule has 0 radical (unpaired) electrons. The zero-order valence-electron chi connectivity index (χ0n) is 25.8. The zero-order valence-corrected chi connectivity index (χ0v) is 29.0. The summed E-state index contributed by atoms with van der Waals surface area (Å²) in [7, 11) is 1.02. The summed E-state index contributed by atoms with van der Waals surface area (Å²) in [5.41, 5.74) is 2.43. The number of anilines is 5. The van der Waals surface area contributed by atoms with Crippen LogP contribution in [0.15, 0.2) is 41.3 Å². The monoisotopic (exact) mass is 714 g/mol. The number of hydrogen-bond acceptors (Lipinski definition) is 12. The molecule has 2 fully saturated rings. The summed E-state index contributed by atoms with van der Waals surface area (Å²) in [5, 5.41) is 7.67. The molecule has 5 heterocycles. The standard InChI is InChI=1S/C30H37BrClN10O2P/c1-40-13-15-41(16-14-40)19-7-11-42(12-8-19)28-21(32)17-24(29(39-28)44-2)37-30-35-18-20(31)27(38-30)36-23-6-5-22-25(34-10-9-33-22)26(23)45(3,4)43/h5-6,9-10,17-19H,7-8,11-16H2,1-4H3,(H2,35,36,37,38). The highest BCUT2D eigenvalue weighted by molar-refractivity contribution is 9.10. The molecule has 15 heteroatoms. The lowest BCUT2D eigenvalue weighted by Gasteiger charge is -2.42. The first-order valence-corrected chi connectivity index (χ1v) is 18.7. The minimum atomic E-state index is -2.75. The van der Waals surface area contributed by atoms with E-state index in [1.165, 1.54) is 0 Å². The Bertz CT molecular complexity index is 1740. The molecule has 2 aliphatic heterocycles. The lowest BCUT2D eigenvalue weighted by molar-refractivity contribution is 0.0981. The first-order valence-electron chi connectivity index (χ1n) is 14.9. The summed E-state index contributed by atoms with van der Waals surface area (Å²) >= 11 is 10.4. The van der Waals surface area contributed by atoms with Gasteiger partial charge in [0.15, 0.2) is 5.82 Å². The number of halogens is 2. The maximum absolute atomic E-state index is 13.4. The number of piperidine rings is 1. The number of hydrogen-bond donors (Lipinski definition) is 2. The van der Waals surface area contributed by atoms with E-state index in [2.05, 4.69) is 63.3 Å². The number of pyridine rings is 1. The van der Waals surface area contributed by atoms with E-state index in [9.17, 15) is 4.57 Å². The number of nitrogens with one attached hydrogen (secondary N) is 2. The molecule has 0 saturated carbocycles. The number of nitrogens with zero attached hydrogens (tertiary/aromatic N) is 8. The fraction of sp³-hybridized carbons (Fsp3) is 0.433. The number of aromatic nitrogens is 5. The summed E-state index contributed by atoms with van der Waals surface area (Å²) in [6.45, 7) is 9.69. The van der Waals surface area contributed by atoms with Gasteiger partial charge >= 0.3 is 0 Å². The van der Waals surface area contributed by atoms with Crippen LogP contribution in [0.4, 0.5) is 29.0 Å². The maximum atomic E-state index is 13.4. The molecule has 0 spiro atoms. The molecule has 45 heavy (non-hydrogen) atoms. The molecule has 0 atom stereocenters. The maximum Gasteiger partial charge on any atom is 0.239 e. The Morgan fingerprint density at radius 3 is 2.42 bits per heavy atom. The number of ether oxygens (including phenoxy) is 1. The molecule has 12 nitrogen and oxygen atoms in total. The lowest BCUT2D eigenvalue weighted by atomic mass is 10.0. The molecule has 2 aliphatic rings. The molecule has 0 aliphatic carbocycles. The minimum Gasteiger partial charge on any atom is -0.479 e. The van der Waals surface area contributed by atoms with Crippen molar-refractivity contribution in [3.63, 3.8) is 0 Å². The third kappa shape index (κ3) is 7.02. The van der Waals surface area contributed by atoms with Crippen molar-refractivity contribution in [3.8, 4) is 5.88 Å². The van der Waals surface area contributed by atoms with Crippen LogP contribution in [0, 0.1) is 0 Å². The first kappa shape index (κ1) is 31.9. The van der Waals surface area contributed by atoms with E-state index in [1.807, 2.05) is 12.1 Å². The van der Waals surface area contributed by atoms with Gasteiger partial charge in [-0.3, -0.25) is 14.9 Å². The van der Waals surface area contributed by atoms with Crippen molar-refractivity contribution >= 4 is 80.0 Å². The van der Waals surface area contributed by atoms with Gasteiger partial charge in [-0.1, -0.05) is 11.6 Å². The Hall–Kier alpha value is -3.09. The molecule has 2 N–H and O–H groups in total. The molecule has 1 aromatic carbocycles. The molecular weight excluding hydrogens is 679 g/mol. The number of likely N-dealkylation sites (N-methyl/N-ethyl adjacent to an activating group) is 1. The Morgan fingerprint density at radius 1 is 0.978 bits per heavy atom. The van der Waals surface area contributed by atoms with E-state index in [1.54, 1.807) is 45.1 Å². The molecule has 0 bridgehead atoms. The van der Waals surface area contributed by atoms with E-state index < -0.39 is 7.14 Å². The minimum absolute atomic E-state index is 0.302. The first-order chi connectivity index (χ1) is 21.6. The number of methoxy groups -OCH3 is 1. The normalized spacial score (nSPS) is 17.1. The molecular formula is C30H37BrClN10O2P. The van der Waals surface area contributed by atoms with Crippen LogP contribution >= 0.6 is 34.7 Å². The molecule has 6 rings (SSSR count). The van der Waals surface area contributed by atoms with Crippen molar-refractivity contribution < 1.29 is 9.30 Å². The van der Waals surface area contributed by atoms with Crippen LogP contribution in [0.1, 0.15) is 12.8 Å². The van der Waals surface area contributed by atoms with E-state index in [4.69, 9.17) is 26.3 Å². The van der Waals surface area contributed by atoms with Crippen molar-refractivity contribution in [2.75, 3.05) is 82.3 Å². The van der Waals surface area contributed by atoms with Crippen LogP contribution < -0.4 is 25.6 Å². The van der Waals surface area contributed by atoms with Crippen molar-refractivity contribution in [1.29, 1.82) is 0 Å². The van der Waals surface area contributed by atoms with Crippen LogP contribution in [0.2, 0.25) is 5.02 Å². The van der Waals surface area contributed by atoms with Crippen molar-refractivity contribution in [1.82, 2.24) is 34.7 Å². The second kappa shape index (κ2) is 13.3. The fourth-order valence-electron chi connectivity index (χ4n) is 5.99. The SMILES string of the molecule is COc1nc(N2CCC(N3CCN(C)CC3)CC2)c(Cl)cc1Nc1ncc(Br)c(Nc2ccc3nccnc3c2P(C)(C)=O)n1. The van der Waals surface area contributed by atoms with Crippen LogP contribution in [-0.4, -0.2) is 108 Å². The average Bonchev–Trinajstić information content (AvgIpc) is 3.02. The van der Waals surface area contributed by atoms with Gasteiger partial charge in [0.05, 0.1) is 33.1 Å². The number of piperazine rings is 1. The van der Waals surface area contributed by atoms with Crippen molar-refractivity contribution in [3.05, 3.63) is 46.3 Å². The molecule has 0 unspecified atom stereocenters. The Balaban J connectivity index is 1.21. The lowest BCUT2D eigenvalue weighted by Crippen LogP contribution is -2.52. The quantitative estimate of drug-likeness (QED) is 0.234. The van der Waals surface area contributed by atoms with Gasteiger partial charge in [-0.05, 0) is 67.3 Å². The smallest absolute Gasteiger partial charge is 0.239 e. The Morgan fingerprint density at radius 2 is 1.71 bits per heavy atom. The van der Waals surface area contributed by atoms with Gasteiger partial charge in [0.1, 0.15) is 24.2 Å². The predicted octanol–water partition coefficient (Wildman–Crippen LogP) is 5.19. The van der Waals surface area contributed by atoms with Crippen LogP contribution in [0.5, 0.6) is 5.88 Å². The topological polar surface area (TPSA) is 125 Å². The molecule has 4 aromatic rings. The van der Waals surface area contributed by atoms with Gasteiger partial charge < -0.3 is 29.7 Å². The second-order valence-corrected chi connectivity index (χ2v) is 16.2. The zero-order chi connectivity index (χ0) is 31.7. The van der Waals surface area contributed by atoms with Gasteiger partial charge in [0.25, 0.3) is 0 Å². The summed E-state index contributed by atoms with van der Waals surface area (Å²) in [6, 6.07) is 6.08. The van der Waals surface area contributed by atoms with Gasteiger partial charge in [0, 0.05) is 63.9 Å². The predicted molar refractivity (Wildman–Crippen MR) is 185 cm³/mol. The summed E-state index contributed by atoms with van der Waals surface area (Å²) < 4.78 is 19.7. The van der Waals surface area contributed by atoms with Gasteiger partial charge in [-0.25, -0.2) is 4.98 Å². The highest BCUT2D eigenvalue weighted by Crippen LogP contribution is 2.41. The van der Waals surface area contributed by atoms with Crippen LogP contribution in [-0.2, 0) is 4.57 Å². The summed E-state index contributed by atoms with van der Waals surface area (Å²) in [4.78, 5) is 30.0. The van der Waals surface area contributed by atoms with Crippen LogP contribution in [0.3, 0.4) is 0 Å². The van der Waals surface area contributed by atoms with Gasteiger partial charge in [-0.15, -0.1) is 0 Å². The van der Waals surface area contributed by atoms with Gasteiger partial charge in [-0.2, -0.15) is 9.97 Å². The number of fused-ring (bicyclic) bond motifs is 1. The highest BCUT2D eigenvalue weighted by atomic mass is 79.9. The molecule has 3 aromatic heterocycles. The van der Waals surface area contributed by atoms with Crippen molar-refractivity contribution in [2.45, 2.75) is 18.9 Å². The molecule has 0 amide bonds. The van der Waals surface area contributed by atoms with Crippen molar-refractivity contribution in [2.24, 2.45) is 0 Å². The highest BCUT2D eigenvalue weighted by Gasteiger charge is 2.29. The Labute approximate surface area is 276 Å². The van der Waals surface area contributed by atoms with E-state index in [0.717, 1.165) is 52.1 Å². The fourth-order valence-corrected chi connectivity index (χ4v) is 7.94. The second-order valence-electron chi connectivity index (χ2n) is 11.8. The van der Waals surface area contributed by atoms with Gasteiger partial charge in [0.2, 0.25) is 11.8 Å². The number of benzene rings is 1. The largest absolute Gasteiger partial charge is 0.479 e. The van der Waals surface area contributed by atoms with E-state index in [-0.39, 0.29) is 0 Å². The number of rotatable bonds is 8. The molecule has 238 valence electrons. The Kier molecular flexibility index (Phi) is 9.44. The van der Waals surface area contributed by atoms with E-state index in [0.29, 0.717) is 66.7 Å². The summed E-state index contributed by atoms with van der Waals surface area (Å²) in [6.07, 6.45) is 7.00. The third-order valence-electron chi connectivity index (χ3n) is 8.33. The van der Waals surface area contributed by atoms with E-state index >= 15 is 0 Å². The molecule has 2 saturated heterocycles. The van der Waals surface area contributed by atoms with Crippen LogP contribution in [0.25, 0.3) is 11.0 Å².